The molecular formula is C17H25NO3. The fraction of sp³-hybridized carbons (Fsp3) is 0.529. The van der Waals surface area contributed by atoms with E-state index < -0.39 is 0 Å². The van der Waals surface area contributed by atoms with E-state index in [0.29, 0.717) is 42.5 Å². The monoisotopic (exact) mass is 291 g/mol. The zero-order valence-corrected chi connectivity index (χ0v) is 13.6. The number of nitrogens with zero attached hydrogens (tertiary/aromatic N) is 1. The van der Waals surface area contributed by atoms with Gasteiger partial charge in [-0.1, -0.05) is 13.8 Å². The Morgan fingerprint density at radius 3 is 2.29 bits per heavy atom. The third-order valence-electron chi connectivity index (χ3n) is 3.23. The van der Waals surface area contributed by atoms with Crippen LogP contribution in [0.3, 0.4) is 0 Å². The SMILES string of the molecule is CCN(CC)C(=O)c1ccc(OCC(C)C)c(C(C)=O)c1. The van der Waals surface area contributed by atoms with Gasteiger partial charge in [-0.2, -0.15) is 0 Å². The molecule has 1 rings (SSSR count). The Labute approximate surface area is 127 Å². The van der Waals surface area contributed by atoms with Crippen molar-refractivity contribution in [3.8, 4) is 5.75 Å². The van der Waals surface area contributed by atoms with Crippen molar-refractivity contribution >= 4 is 11.7 Å². The van der Waals surface area contributed by atoms with Crippen molar-refractivity contribution in [3.05, 3.63) is 29.3 Å². The van der Waals surface area contributed by atoms with Gasteiger partial charge in [0.15, 0.2) is 5.78 Å². The first-order valence-corrected chi connectivity index (χ1v) is 7.47. The number of hydrogen-bond donors (Lipinski definition) is 0. The fourth-order valence-electron chi connectivity index (χ4n) is 2.01. The Hall–Kier alpha value is -1.84. The Morgan fingerprint density at radius 1 is 1.19 bits per heavy atom. The van der Waals surface area contributed by atoms with Crippen molar-refractivity contribution in [3.63, 3.8) is 0 Å². The maximum Gasteiger partial charge on any atom is 0.253 e. The lowest BCUT2D eigenvalue weighted by Crippen LogP contribution is -2.30. The zero-order chi connectivity index (χ0) is 16.0. The van der Waals surface area contributed by atoms with Crippen LogP contribution >= 0.6 is 0 Å². The van der Waals surface area contributed by atoms with Gasteiger partial charge in [-0.15, -0.1) is 0 Å². The van der Waals surface area contributed by atoms with Crippen molar-refractivity contribution in [2.24, 2.45) is 5.92 Å². The number of Topliss-reactive ketones (excluding diaryl/α,β-unsaturated/α-hetero) is 1. The molecule has 0 radical (unpaired) electrons. The number of amides is 1. The maximum absolute atomic E-state index is 12.3. The summed E-state index contributed by atoms with van der Waals surface area (Å²) in [6, 6.07) is 5.08. The molecule has 0 spiro atoms. The summed E-state index contributed by atoms with van der Waals surface area (Å²) in [5.41, 5.74) is 0.995. The second kappa shape index (κ2) is 7.81. The maximum atomic E-state index is 12.3. The van der Waals surface area contributed by atoms with Crippen LogP contribution in [0.25, 0.3) is 0 Å². The number of rotatable bonds is 7. The Balaban J connectivity index is 3.08. The highest BCUT2D eigenvalue weighted by Crippen LogP contribution is 2.22. The van der Waals surface area contributed by atoms with E-state index >= 15 is 0 Å². The summed E-state index contributed by atoms with van der Waals surface area (Å²) in [5, 5.41) is 0. The van der Waals surface area contributed by atoms with Crippen LogP contribution < -0.4 is 4.74 Å². The first kappa shape index (κ1) is 17.2. The minimum Gasteiger partial charge on any atom is -0.493 e. The molecule has 0 aliphatic heterocycles. The van der Waals surface area contributed by atoms with Gasteiger partial charge in [0.2, 0.25) is 0 Å². The average molecular weight is 291 g/mol. The minimum atomic E-state index is -0.0945. The van der Waals surface area contributed by atoms with Crippen LogP contribution in [0, 0.1) is 5.92 Å². The Kier molecular flexibility index (Phi) is 6.40. The summed E-state index contributed by atoms with van der Waals surface area (Å²) < 4.78 is 5.66. The van der Waals surface area contributed by atoms with E-state index in [2.05, 4.69) is 0 Å². The van der Waals surface area contributed by atoms with Gasteiger partial charge in [-0.3, -0.25) is 9.59 Å². The van der Waals surface area contributed by atoms with Gasteiger partial charge in [-0.05, 0) is 44.9 Å². The predicted octanol–water partition coefficient (Wildman–Crippen LogP) is 3.41. The van der Waals surface area contributed by atoms with E-state index in [4.69, 9.17) is 4.74 Å². The molecule has 0 aliphatic rings. The molecule has 4 nitrogen and oxygen atoms in total. The summed E-state index contributed by atoms with van der Waals surface area (Å²) in [6.45, 7) is 11.3. The van der Waals surface area contributed by atoms with Crippen LogP contribution in [0.4, 0.5) is 0 Å². The van der Waals surface area contributed by atoms with Gasteiger partial charge in [-0.25, -0.2) is 0 Å². The molecular weight excluding hydrogens is 266 g/mol. The van der Waals surface area contributed by atoms with Crippen LogP contribution in [0.5, 0.6) is 5.75 Å². The summed E-state index contributed by atoms with van der Waals surface area (Å²) >= 11 is 0. The van der Waals surface area contributed by atoms with Crippen molar-refractivity contribution in [1.29, 1.82) is 0 Å². The van der Waals surface area contributed by atoms with Crippen LogP contribution in [-0.4, -0.2) is 36.3 Å². The van der Waals surface area contributed by atoms with E-state index in [1.54, 1.807) is 23.1 Å². The highest BCUT2D eigenvalue weighted by molar-refractivity contribution is 6.01. The van der Waals surface area contributed by atoms with E-state index in [0.717, 1.165) is 0 Å². The van der Waals surface area contributed by atoms with Gasteiger partial charge in [0.25, 0.3) is 5.91 Å². The zero-order valence-electron chi connectivity index (χ0n) is 13.6. The number of hydrogen-bond acceptors (Lipinski definition) is 3. The first-order valence-electron chi connectivity index (χ1n) is 7.47. The van der Waals surface area contributed by atoms with Gasteiger partial charge < -0.3 is 9.64 Å². The normalized spacial score (nSPS) is 10.6. The summed E-state index contributed by atoms with van der Waals surface area (Å²) in [6.07, 6.45) is 0. The number of carbonyl (C=O) groups excluding carboxylic acids is 2. The van der Waals surface area contributed by atoms with Crippen molar-refractivity contribution in [2.45, 2.75) is 34.6 Å². The third-order valence-corrected chi connectivity index (χ3v) is 3.23. The van der Waals surface area contributed by atoms with Gasteiger partial charge in [0.1, 0.15) is 5.75 Å². The molecule has 0 saturated heterocycles. The number of benzene rings is 1. The molecule has 1 aromatic carbocycles. The lowest BCUT2D eigenvalue weighted by Gasteiger charge is -2.19. The lowest BCUT2D eigenvalue weighted by molar-refractivity contribution is 0.0773. The smallest absolute Gasteiger partial charge is 0.253 e. The van der Waals surface area contributed by atoms with Gasteiger partial charge in [0.05, 0.1) is 12.2 Å². The number of ether oxygens (including phenoxy) is 1. The van der Waals surface area contributed by atoms with Crippen molar-refractivity contribution in [2.75, 3.05) is 19.7 Å². The summed E-state index contributed by atoms with van der Waals surface area (Å²) in [4.78, 5) is 25.9. The average Bonchev–Trinajstić information content (AvgIpc) is 2.45. The van der Waals surface area contributed by atoms with E-state index in [9.17, 15) is 9.59 Å². The van der Waals surface area contributed by atoms with E-state index in [-0.39, 0.29) is 11.7 Å². The molecule has 0 bridgehead atoms. The highest BCUT2D eigenvalue weighted by atomic mass is 16.5. The molecule has 0 atom stereocenters. The molecule has 0 saturated carbocycles. The highest BCUT2D eigenvalue weighted by Gasteiger charge is 2.17. The van der Waals surface area contributed by atoms with E-state index in [1.807, 2.05) is 27.7 Å². The molecule has 0 aromatic heterocycles. The lowest BCUT2D eigenvalue weighted by atomic mass is 10.1. The largest absolute Gasteiger partial charge is 0.493 e. The summed E-state index contributed by atoms with van der Waals surface area (Å²) in [5.74, 6) is 0.773. The number of ketones is 1. The molecule has 1 aromatic rings. The molecule has 0 unspecified atom stereocenters. The van der Waals surface area contributed by atoms with E-state index in [1.165, 1.54) is 6.92 Å². The second-order valence-electron chi connectivity index (χ2n) is 5.45. The van der Waals surface area contributed by atoms with Crippen molar-refractivity contribution in [1.82, 2.24) is 4.90 Å². The molecule has 0 fully saturated rings. The Bertz CT molecular complexity index is 505. The standard InChI is InChI=1S/C17H25NO3/c1-6-18(7-2)17(20)14-8-9-16(21-11-12(3)4)15(10-14)13(5)19/h8-10,12H,6-7,11H2,1-5H3. The topological polar surface area (TPSA) is 46.6 Å². The second-order valence-corrected chi connectivity index (χ2v) is 5.45. The summed E-state index contributed by atoms with van der Waals surface area (Å²) in [7, 11) is 0. The van der Waals surface area contributed by atoms with Crippen molar-refractivity contribution < 1.29 is 14.3 Å². The quantitative estimate of drug-likeness (QED) is 0.723. The molecule has 0 aliphatic carbocycles. The van der Waals surface area contributed by atoms with Crippen LogP contribution in [0.2, 0.25) is 0 Å². The van der Waals surface area contributed by atoms with Gasteiger partial charge in [0, 0.05) is 18.7 Å². The molecule has 4 heteroatoms. The molecule has 21 heavy (non-hydrogen) atoms. The van der Waals surface area contributed by atoms with Crippen LogP contribution in [-0.2, 0) is 0 Å². The molecule has 116 valence electrons. The fourth-order valence-corrected chi connectivity index (χ4v) is 2.01. The van der Waals surface area contributed by atoms with Crippen LogP contribution in [0.1, 0.15) is 55.3 Å². The minimum absolute atomic E-state index is 0.0575. The third kappa shape index (κ3) is 4.59. The van der Waals surface area contributed by atoms with Gasteiger partial charge >= 0.3 is 0 Å². The van der Waals surface area contributed by atoms with Crippen LogP contribution in [0.15, 0.2) is 18.2 Å². The molecule has 0 N–H and O–H groups in total. The molecule has 0 heterocycles. The predicted molar refractivity (Wildman–Crippen MR) is 84.0 cm³/mol. The number of carbonyl (C=O) groups is 2. The molecule has 1 amide bonds. The Morgan fingerprint density at radius 2 is 1.81 bits per heavy atom. The first-order chi connectivity index (χ1) is 9.90.